The van der Waals surface area contributed by atoms with E-state index in [0.29, 0.717) is 18.5 Å². The molecule has 2 aliphatic carbocycles. The highest BCUT2D eigenvalue weighted by molar-refractivity contribution is 7.89. The van der Waals surface area contributed by atoms with Gasteiger partial charge >= 0.3 is 0 Å². The van der Waals surface area contributed by atoms with Crippen molar-refractivity contribution in [1.82, 2.24) is 4.72 Å². The summed E-state index contributed by atoms with van der Waals surface area (Å²) >= 11 is 0. The van der Waals surface area contributed by atoms with Crippen LogP contribution in [0.15, 0.2) is 29.2 Å². The van der Waals surface area contributed by atoms with E-state index >= 15 is 0 Å². The first-order valence-corrected chi connectivity index (χ1v) is 10.9. The summed E-state index contributed by atoms with van der Waals surface area (Å²) in [4.78, 5) is 12.9. The van der Waals surface area contributed by atoms with Crippen LogP contribution in [-0.2, 0) is 19.6 Å². The fourth-order valence-corrected chi connectivity index (χ4v) is 5.25. The van der Waals surface area contributed by atoms with Crippen LogP contribution in [0.4, 0.5) is 5.69 Å². The number of carbonyl (C=O) groups excluding carboxylic acids is 1. The second-order valence-corrected chi connectivity index (χ2v) is 9.05. The van der Waals surface area contributed by atoms with E-state index < -0.39 is 15.6 Å². The average molecular weight is 381 g/mol. The smallest absolute Gasteiger partial charge is 0.256 e. The molecule has 0 bridgehead atoms. The highest BCUT2D eigenvalue weighted by Gasteiger charge is 2.39. The zero-order chi connectivity index (χ0) is 18.6. The molecular weight excluding hydrogens is 352 g/mol. The lowest BCUT2D eigenvalue weighted by Crippen LogP contribution is -2.46. The maximum Gasteiger partial charge on any atom is 0.256 e. The monoisotopic (exact) mass is 380 g/mol. The normalized spacial score (nSPS) is 20.8. The first-order valence-electron chi connectivity index (χ1n) is 9.44. The highest BCUT2D eigenvalue weighted by atomic mass is 32.2. The summed E-state index contributed by atoms with van der Waals surface area (Å²) in [5.41, 5.74) is -0.190. The fourth-order valence-electron chi connectivity index (χ4n) is 3.94. The summed E-state index contributed by atoms with van der Waals surface area (Å²) in [5.74, 6) is -0.153. The molecule has 3 rings (SSSR count). The minimum Gasteiger partial charge on any atom is -0.368 e. The molecule has 0 atom stereocenters. The first-order chi connectivity index (χ1) is 12.5. The van der Waals surface area contributed by atoms with E-state index in [1.807, 2.05) is 0 Å². The van der Waals surface area contributed by atoms with Crippen molar-refractivity contribution < 1.29 is 17.9 Å². The predicted octanol–water partition coefficient (Wildman–Crippen LogP) is 3.20. The van der Waals surface area contributed by atoms with Crippen molar-refractivity contribution in [2.24, 2.45) is 0 Å². The maximum absolute atomic E-state index is 12.7. The van der Waals surface area contributed by atoms with Gasteiger partial charge in [-0.25, -0.2) is 13.1 Å². The second kappa shape index (κ2) is 8.06. The van der Waals surface area contributed by atoms with Gasteiger partial charge in [0.05, 0.1) is 4.90 Å². The molecule has 144 valence electrons. The Labute approximate surface area is 155 Å². The van der Waals surface area contributed by atoms with Crippen molar-refractivity contribution in [2.45, 2.75) is 74.3 Å². The molecule has 0 saturated heterocycles. The Morgan fingerprint density at radius 2 is 1.65 bits per heavy atom. The van der Waals surface area contributed by atoms with E-state index in [1.165, 1.54) is 12.1 Å². The average Bonchev–Trinajstić information content (AvgIpc) is 3.15. The summed E-state index contributed by atoms with van der Waals surface area (Å²) < 4.78 is 33.2. The third kappa shape index (κ3) is 4.27. The van der Waals surface area contributed by atoms with E-state index in [9.17, 15) is 13.2 Å². The van der Waals surface area contributed by atoms with Crippen LogP contribution in [0, 0.1) is 0 Å². The molecule has 1 amide bonds. The summed E-state index contributed by atoms with van der Waals surface area (Å²) in [5, 5.41) is 2.88. The SMILES string of the molecule is COC1(C(=O)Nc2ccc(S(=O)(=O)NC3CCCC3)cc2)CCCCC1. The van der Waals surface area contributed by atoms with E-state index in [0.717, 1.165) is 44.9 Å². The van der Waals surface area contributed by atoms with Gasteiger partial charge in [-0.1, -0.05) is 32.1 Å². The summed E-state index contributed by atoms with van der Waals surface area (Å²) in [6.07, 6.45) is 8.44. The third-order valence-corrected chi connectivity index (χ3v) is 7.10. The van der Waals surface area contributed by atoms with Crippen molar-refractivity contribution in [2.75, 3.05) is 12.4 Å². The summed E-state index contributed by atoms with van der Waals surface area (Å²) in [6.45, 7) is 0. The number of sulfonamides is 1. The van der Waals surface area contributed by atoms with E-state index in [-0.39, 0.29) is 16.8 Å². The molecule has 0 unspecified atom stereocenters. The molecule has 2 N–H and O–H groups in total. The maximum atomic E-state index is 12.7. The van der Waals surface area contributed by atoms with Gasteiger partial charge in [0.15, 0.2) is 0 Å². The van der Waals surface area contributed by atoms with Crippen LogP contribution in [0.1, 0.15) is 57.8 Å². The number of benzene rings is 1. The number of anilines is 1. The second-order valence-electron chi connectivity index (χ2n) is 7.34. The highest BCUT2D eigenvalue weighted by Crippen LogP contribution is 2.32. The number of amides is 1. The van der Waals surface area contributed by atoms with Gasteiger partial charge in [-0.15, -0.1) is 0 Å². The Morgan fingerprint density at radius 3 is 2.23 bits per heavy atom. The minimum absolute atomic E-state index is 0.0345. The predicted molar refractivity (Wildman–Crippen MR) is 100 cm³/mol. The Bertz CT molecular complexity index is 718. The molecule has 0 spiro atoms. The van der Waals surface area contributed by atoms with E-state index in [2.05, 4.69) is 10.0 Å². The Balaban J connectivity index is 1.66. The van der Waals surface area contributed by atoms with Crippen LogP contribution in [-0.4, -0.2) is 33.1 Å². The zero-order valence-electron chi connectivity index (χ0n) is 15.3. The molecular formula is C19H28N2O4S. The number of hydrogen-bond donors (Lipinski definition) is 2. The Hall–Kier alpha value is -1.44. The van der Waals surface area contributed by atoms with Crippen LogP contribution in [0.5, 0.6) is 0 Å². The van der Waals surface area contributed by atoms with Crippen LogP contribution in [0.25, 0.3) is 0 Å². The number of hydrogen-bond acceptors (Lipinski definition) is 4. The largest absolute Gasteiger partial charge is 0.368 e. The van der Waals surface area contributed by atoms with Crippen molar-refractivity contribution >= 4 is 21.6 Å². The number of rotatable bonds is 6. The van der Waals surface area contributed by atoms with Crippen molar-refractivity contribution in [3.8, 4) is 0 Å². The van der Waals surface area contributed by atoms with Crippen LogP contribution < -0.4 is 10.0 Å². The van der Waals surface area contributed by atoms with Crippen molar-refractivity contribution in [1.29, 1.82) is 0 Å². The lowest BCUT2D eigenvalue weighted by atomic mass is 9.84. The minimum atomic E-state index is -3.51. The summed E-state index contributed by atoms with van der Waals surface area (Å²) in [6, 6.07) is 6.37. The third-order valence-electron chi connectivity index (χ3n) is 5.57. The molecule has 2 aliphatic rings. The van der Waals surface area contributed by atoms with Gasteiger partial charge in [0.25, 0.3) is 5.91 Å². The van der Waals surface area contributed by atoms with Gasteiger partial charge in [-0.3, -0.25) is 4.79 Å². The van der Waals surface area contributed by atoms with Crippen LogP contribution >= 0.6 is 0 Å². The molecule has 0 aromatic heterocycles. The number of methoxy groups -OCH3 is 1. The van der Waals surface area contributed by atoms with Gasteiger partial charge in [-0.05, 0) is 49.9 Å². The fraction of sp³-hybridized carbons (Fsp3) is 0.632. The van der Waals surface area contributed by atoms with Gasteiger partial charge in [0.2, 0.25) is 10.0 Å². The van der Waals surface area contributed by atoms with Gasteiger partial charge in [0, 0.05) is 18.8 Å². The lowest BCUT2D eigenvalue weighted by molar-refractivity contribution is -0.141. The molecule has 7 heteroatoms. The molecule has 2 saturated carbocycles. The van der Waals surface area contributed by atoms with E-state index in [1.54, 1.807) is 19.2 Å². The standard InChI is InChI=1S/C19H28N2O4S/c1-25-19(13-5-2-6-14-19)18(22)20-15-9-11-17(12-10-15)26(23,24)21-16-7-3-4-8-16/h9-12,16,21H,2-8,13-14H2,1H3,(H,20,22). The quantitative estimate of drug-likeness (QED) is 0.794. The molecule has 0 heterocycles. The molecule has 2 fully saturated rings. The molecule has 6 nitrogen and oxygen atoms in total. The molecule has 26 heavy (non-hydrogen) atoms. The number of nitrogens with one attached hydrogen (secondary N) is 2. The molecule has 1 aromatic rings. The topological polar surface area (TPSA) is 84.5 Å². The number of ether oxygens (including phenoxy) is 1. The van der Waals surface area contributed by atoms with Crippen molar-refractivity contribution in [3.63, 3.8) is 0 Å². The first kappa shape index (κ1) is 19.3. The summed E-state index contributed by atoms with van der Waals surface area (Å²) in [7, 11) is -1.93. The number of carbonyl (C=O) groups is 1. The molecule has 0 aliphatic heterocycles. The molecule has 0 radical (unpaired) electrons. The van der Waals surface area contributed by atoms with Gasteiger partial charge in [0.1, 0.15) is 5.60 Å². The van der Waals surface area contributed by atoms with Crippen LogP contribution in [0.2, 0.25) is 0 Å². The van der Waals surface area contributed by atoms with Gasteiger partial charge in [-0.2, -0.15) is 0 Å². The Kier molecular flexibility index (Phi) is 5.99. The van der Waals surface area contributed by atoms with Crippen LogP contribution in [0.3, 0.4) is 0 Å². The molecule has 1 aromatic carbocycles. The Morgan fingerprint density at radius 1 is 1.04 bits per heavy atom. The lowest BCUT2D eigenvalue weighted by Gasteiger charge is -2.34. The zero-order valence-corrected chi connectivity index (χ0v) is 16.1. The van der Waals surface area contributed by atoms with Gasteiger partial charge < -0.3 is 10.1 Å². The van der Waals surface area contributed by atoms with Crippen molar-refractivity contribution in [3.05, 3.63) is 24.3 Å². The van der Waals surface area contributed by atoms with E-state index in [4.69, 9.17) is 4.74 Å².